The number of aryl methyl sites for hydroxylation is 2. The van der Waals surface area contributed by atoms with E-state index in [4.69, 9.17) is 0 Å². The van der Waals surface area contributed by atoms with Gasteiger partial charge in [-0.15, -0.1) is 11.3 Å². The average Bonchev–Trinajstić information content (AvgIpc) is 2.79. The standard InChI is InChI=1S/C17H27N3S/c1-11(2)14(9-18-17(5,6)7)8-15-13(4)19-16-20(15)10-12(3)21-16/h8,10-11,18H,9H2,1-7H3. The summed E-state index contributed by atoms with van der Waals surface area (Å²) in [6, 6.07) is 0. The molecular formula is C17H27N3S. The van der Waals surface area contributed by atoms with Crippen molar-refractivity contribution in [1.29, 1.82) is 0 Å². The molecule has 0 saturated carbocycles. The Balaban J connectivity index is 2.37. The zero-order valence-electron chi connectivity index (χ0n) is 14.2. The third kappa shape index (κ3) is 3.95. The van der Waals surface area contributed by atoms with Crippen LogP contribution in [0.1, 0.15) is 50.9 Å². The molecule has 0 saturated heterocycles. The van der Waals surface area contributed by atoms with Crippen LogP contribution in [0.2, 0.25) is 0 Å². The van der Waals surface area contributed by atoms with Crippen molar-refractivity contribution in [3.05, 3.63) is 28.0 Å². The highest BCUT2D eigenvalue weighted by Crippen LogP contribution is 2.24. The van der Waals surface area contributed by atoms with E-state index in [0.717, 1.165) is 17.2 Å². The first-order chi connectivity index (χ1) is 9.67. The Kier molecular flexibility index (Phi) is 4.59. The molecule has 2 aromatic rings. The molecule has 116 valence electrons. The highest BCUT2D eigenvalue weighted by Gasteiger charge is 2.14. The van der Waals surface area contributed by atoms with Gasteiger partial charge in [0.1, 0.15) is 0 Å². The lowest BCUT2D eigenvalue weighted by Gasteiger charge is -2.23. The monoisotopic (exact) mass is 305 g/mol. The summed E-state index contributed by atoms with van der Waals surface area (Å²) in [5.41, 5.74) is 3.87. The van der Waals surface area contributed by atoms with E-state index in [1.165, 1.54) is 16.1 Å². The van der Waals surface area contributed by atoms with Crippen molar-refractivity contribution in [2.45, 2.75) is 54.0 Å². The SMILES string of the molecule is Cc1cn2c(C=C(CNC(C)(C)C)C(C)C)c(C)nc2s1. The third-order valence-corrected chi connectivity index (χ3v) is 4.45. The Hall–Kier alpha value is -1.13. The first kappa shape index (κ1) is 16.2. The van der Waals surface area contributed by atoms with Crippen LogP contribution in [0, 0.1) is 19.8 Å². The van der Waals surface area contributed by atoms with E-state index >= 15 is 0 Å². The first-order valence-electron chi connectivity index (χ1n) is 7.58. The zero-order chi connectivity index (χ0) is 15.8. The molecule has 2 aromatic heterocycles. The molecule has 0 bridgehead atoms. The number of hydrogen-bond donors (Lipinski definition) is 1. The lowest BCUT2D eigenvalue weighted by atomic mass is 10.00. The number of hydrogen-bond acceptors (Lipinski definition) is 3. The van der Waals surface area contributed by atoms with Crippen LogP contribution >= 0.6 is 11.3 Å². The smallest absolute Gasteiger partial charge is 0.194 e. The topological polar surface area (TPSA) is 29.3 Å². The molecule has 2 heterocycles. The molecule has 1 N–H and O–H groups in total. The first-order valence-corrected chi connectivity index (χ1v) is 8.39. The van der Waals surface area contributed by atoms with Crippen molar-refractivity contribution in [3.8, 4) is 0 Å². The summed E-state index contributed by atoms with van der Waals surface area (Å²) < 4.78 is 2.22. The van der Waals surface area contributed by atoms with Crippen molar-refractivity contribution in [2.75, 3.05) is 6.54 Å². The van der Waals surface area contributed by atoms with E-state index < -0.39 is 0 Å². The Morgan fingerprint density at radius 1 is 1.38 bits per heavy atom. The minimum absolute atomic E-state index is 0.134. The number of nitrogens with one attached hydrogen (secondary N) is 1. The fraction of sp³-hybridized carbons (Fsp3) is 0.588. The van der Waals surface area contributed by atoms with Gasteiger partial charge >= 0.3 is 0 Å². The van der Waals surface area contributed by atoms with Crippen LogP contribution in [0.25, 0.3) is 11.0 Å². The van der Waals surface area contributed by atoms with Crippen LogP contribution in [0.3, 0.4) is 0 Å². The zero-order valence-corrected chi connectivity index (χ0v) is 15.1. The van der Waals surface area contributed by atoms with E-state index in [1.807, 2.05) is 0 Å². The van der Waals surface area contributed by atoms with Gasteiger partial charge in [-0.25, -0.2) is 4.98 Å². The lowest BCUT2D eigenvalue weighted by molar-refractivity contribution is 0.437. The molecule has 0 fully saturated rings. The van der Waals surface area contributed by atoms with Gasteiger partial charge in [-0.05, 0) is 46.6 Å². The van der Waals surface area contributed by atoms with Gasteiger partial charge in [0, 0.05) is 23.2 Å². The van der Waals surface area contributed by atoms with Crippen LogP contribution < -0.4 is 5.32 Å². The summed E-state index contributed by atoms with van der Waals surface area (Å²) in [6.45, 7) is 16.3. The van der Waals surface area contributed by atoms with Crippen molar-refractivity contribution in [1.82, 2.24) is 14.7 Å². The highest BCUT2D eigenvalue weighted by atomic mass is 32.1. The van der Waals surface area contributed by atoms with Gasteiger partial charge in [0.25, 0.3) is 0 Å². The van der Waals surface area contributed by atoms with Crippen molar-refractivity contribution in [2.24, 2.45) is 5.92 Å². The average molecular weight is 305 g/mol. The van der Waals surface area contributed by atoms with E-state index in [-0.39, 0.29) is 5.54 Å². The second kappa shape index (κ2) is 5.93. The van der Waals surface area contributed by atoms with E-state index in [1.54, 1.807) is 11.3 Å². The summed E-state index contributed by atoms with van der Waals surface area (Å²) in [6.07, 6.45) is 4.49. The van der Waals surface area contributed by atoms with Crippen LogP contribution in [0.15, 0.2) is 11.8 Å². The number of fused-ring (bicyclic) bond motifs is 1. The Labute approximate surface area is 132 Å². The Morgan fingerprint density at radius 2 is 2.05 bits per heavy atom. The Bertz CT molecular complexity index is 653. The molecule has 2 rings (SSSR count). The van der Waals surface area contributed by atoms with E-state index in [0.29, 0.717) is 5.92 Å². The predicted molar refractivity (Wildman–Crippen MR) is 93.1 cm³/mol. The number of aromatic nitrogens is 2. The molecule has 0 aromatic carbocycles. The molecule has 0 aliphatic rings. The Morgan fingerprint density at radius 3 is 2.62 bits per heavy atom. The molecule has 4 heteroatoms. The fourth-order valence-electron chi connectivity index (χ4n) is 2.22. The molecule has 0 aliphatic heterocycles. The number of thiazole rings is 1. The maximum absolute atomic E-state index is 4.67. The van der Waals surface area contributed by atoms with Crippen LogP contribution in [0.4, 0.5) is 0 Å². The second-order valence-electron chi connectivity index (χ2n) is 7.05. The highest BCUT2D eigenvalue weighted by molar-refractivity contribution is 7.17. The van der Waals surface area contributed by atoms with Gasteiger partial charge in [0.15, 0.2) is 4.96 Å². The van der Waals surface area contributed by atoms with Crippen molar-refractivity contribution < 1.29 is 0 Å². The maximum Gasteiger partial charge on any atom is 0.194 e. The number of rotatable bonds is 4. The van der Waals surface area contributed by atoms with Gasteiger partial charge < -0.3 is 5.32 Å². The molecule has 3 nitrogen and oxygen atoms in total. The molecular weight excluding hydrogens is 278 g/mol. The quantitative estimate of drug-likeness (QED) is 0.905. The molecule has 0 amide bonds. The molecule has 0 atom stereocenters. The van der Waals surface area contributed by atoms with Crippen LogP contribution in [-0.2, 0) is 0 Å². The third-order valence-electron chi connectivity index (χ3n) is 3.55. The van der Waals surface area contributed by atoms with E-state index in [9.17, 15) is 0 Å². The van der Waals surface area contributed by atoms with Crippen molar-refractivity contribution in [3.63, 3.8) is 0 Å². The summed E-state index contributed by atoms with van der Waals surface area (Å²) in [4.78, 5) is 7.06. The van der Waals surface area contributed by atoms with Gasteiger partial charge in [-0.3, -0.25) is 4.40 Å². The summed E-state index contributed by atoms with van der Waals surface area (Å²) in [5.74, 6) is 0.518. The molecule has 21 heavy (non-hydrogen) atoms. The normalized spacial score (nSPS) is 13.6. The molecule has 0 radical (unpaired) electrons. The second-order valence-corrected chi connectivity index (χ2v) is 8.27. The van der Waals surface area contributed by atoms with Crippen molar-refractivity contribution >= 4 is 22.4 Å². The molecule has 0 unspecified atom stereocenters. The van der Waals surface area contributed by atoms with Gasteiger partial charge in [-0.1, -0.05) is 19.4 Å². The maximum atomic E-state index is 4.67. The minimum atomic E-state index is 0.134. The van der Waals surface area contributed by atoms with Gasteiger partial charge in [-0.2, -0.15) is 0 Å². The number of nitrogens with zero attached hydrogens (tertiary/aromatic N) is 2. The fourth-order valence-corrected chi connectivity index (χ4v) is 3.10. The summed E-state index contributed by atoms with van der Waals surface area (Å²) in [5, 5.41) is 3.59. The summed E-state index contributed by atoms with van der Waals surface area (Å²) >= 11 is 1.75. The minimum Gasteiger partial charge on any atom is -0.308 e. The number of imidazole rings is 1. The predicted octanol–water partition coefficient (Wildman–Crippen LogP) is 4.44. The van der Waals surface area contributed by atoms with E-state index in [2.05, 4.69) is 75.4 Å². The van der Waals surface area contributed by atoms with Crippen LogP contribution in [0.5, 0.6) is 0 Å². The van der Waals surface area contributed by atoms with Gasteiger partial charge in [0.2, 0.25) is 0 Å². The molecule has 0 spiro atoms. The largest absolute Gasteiger partial charge is 0.308 e. The lowest BCUT2D eigenvalue weighted by Crippen LogP contribution is -2.37. The summed E-state index contributed by atoms with van der Waals surface area (Å²) in [7, 11) is 0. The van der Waals surface area contributed by atoms with Crippen LogP contribution in [-0.4, -0.2) is 21.5 Å². The van der Waals surface area contributed by atoms with Gasteiger partial charge in [0.05, 0.1) is 11.4 Å². The molecule has 0 aliphatic carbocycles.